The summed E-state index contributed by atoms with van der Waals surface area (Å²) in [5.74, 6) is -0.625. The number of anilines is 1. The van der Waals surface area contributed by atoms with Crippen molar-refractivity contribution < 1.29 is 14.7 Å². The third kappa shape index (κ3) is 3.68. The number of phenolic OH excluding ortho intramolecular Hbond substituents is 1. The van der Waals surface area contributed by atoms with Crippen molar-refractivity contribution in [3.63, 3.8) is 0 Å². The zero-order chi connectivity index (χ0) is 17.1. The van der Waals surface area contributed by atoms with Crippen LogP contribution in [0.15, 0.2) is 48.5 Å². The van der Waals surface area contributed by atoms with E-state index >= 15 is 0 Å². The first-order valence-corrected chi connectivity index (χ1v) is 8.02. The molecule has 24 heavy (non-hydrogen) atoms. The highest BCUT2D eigenvalue weighted by atomic mass is 35.5. The molecule has 1 aliphatic heterocycles. The lowest BCUT2D eigenvalue weighted by Gasteiger charge is -2.17. The molecule has 0 bridgehead atoms. The summed E-state index contributed by atoms with van der Waals surface area (Å²) in [5.41, 5.74) is 1.37. The van der Waals surface area contributed by atoms with Crippen molar-refractivity contribution in [3.8, 4) is 5.75 Å². The number of carbonyl (C=O) groups excluding carboxylic acids is 2. The molecule has 2 N–H and O–H groups in total. The van der Waals surface area contributed by atoms with Crippen LogP contribution in [0.2, 0.25) is 5.02 Å². The average molecular weight is 345 g/mol. The lowest BCUT2D eigenvalue weighted by molar-refractivity contribution is -0.128. The zero-order valence-corrected chi connectivity index (χ0v) is 13.7. The number of amides is 2. The fraction of sp³-hybridized carbons (Fsp3) is 0.222. The Morgan fingerprint density at radius 3 is 2.79 bits per heavy atom. The molecule has 1 saturated heterocycles. The molecule has 1 fully saturated rings. The van der Waals surface area contributed by atoms with E-state index in [0.717, 1.165) is 5.56 Å². The minimum absolute atomic E-state index is 0.0639. The Balaban J connectivity index is 1.64. The maximum Gasteiger partial charge on any atom is 0.229 e. The highest BCUT2D eigenvalue weighted by Crippen LogP contribution is 2.25. The first kappa shape index (κ1) is 16.3. The molecule has 2 aromatic rings. The molecule has 3 rings (SSSR count). The molecule has 0 aromatic heterocycles. The molecule has 0 radical (unpaired) electrons. The van der Waals surface area contributed by atoms with Gasteiger partial charge in [-0.3, -0.25) is 9.59 Å². The van der Waals surface area contributed by atoms with Crippen molar-refractivity contribution in [3.05, 3.63) is 59.1 Å². The Hall–Kier alpha value is -2.53. The number of nitrogens with one attached hydrogen (secondary N) is 1. The van der Waals surface area contributed by atoms with Gasteiger partial charge in [0.1, 0.15) is 5.75 Å². The van der Waals surface area contributed by atoms with Gasteiger partial charge < -0.3 is 15.3 Å². The average Bonchev–Trinajstić information content (AvgIpc) is 2.91. The molecule has 5 nitrogen and oxygen atoms in total. The van der Waals surface area contributed by atoms with E-state index in [1.54, 1.807) is 23.1 Å². The van der Waals surface area contributed by atoms with Gasteiger partial charge in [-0.1, -0.05) is 35.9 Å². The summed E-state index contributed by atoms with van der Waals surface area (Å²) >= 11 is 6.13. The van der Waals surface area contributed by atoms with Crippen LogP contribution < -0.4 is 5.32 Å². The summed E-state index contributed by atoms with van der Waals surface area (Å²) in [6, 6.07) is 13.7. The van der Waals surface area contributed by atoms with Gasteiger partial charge in [0.2, 0.25) is 11.8 Å². The predicted molar refractivity (Wildman–Crippen MR) is 91.7 cm³/mol. The second-order valence-electron chi connectivity index (χ2n) is 5.81. The first-order chi connectivity index (χ1) is 11.5. The monoisotopic (exact) mass is 344 g/mol. The van der Waals surface area contributed by atoms with Crippen molar-refractivity contribution in [2.24, 2.45) is 5.92 Å². The van der Waals surface area contributed by atoms with Gasteiger partial charge in [0.15, 0.2) is 0 Å². The number of aromatic hydroxyl groups is 1. The number of hydrogen-bond donors (Lipinski definition) is 2. The maximum atomic E-state index is 12.3. The van der Waals surface area contributed by atoms with E-state index in [9.17, 15) is 14.7 Å². The topological polar surface area (TPSA) is 69.6 Å². The van der Waals surface area contributed by atoms with Crippen molar-refractivity contribution in [2.75, 3.05) is 11.9 Å². The molecule has 0 saturated carbocycles. The molecule has 6 heteroatoms. The van der Waals surface area contributed by atoms with Crippen LogP contribution in [0.25, 0.3) is 0 Å². The molecule has 0 aliphatic carbocycles. The van der Waals surface area contributed by atoms with Crippen molar-refractivity contribution >= 4 is 29.1 Å². The van der Waals surface area contributed by atoms with Crippen LogP contribution in [0.4, 0.5) is 5.69 Å². The Morgan fingerprint density at radius 2 is 2.04 bits per heavy atom. The van der Waals surface area contributed by atoms with Crippen LogP contribution >= 0.6 is 11.6 Å². The normalized spacial score (nSPS) is 17.1. The summed E-state index contributed by atoms with van der Waals surface area (Å²) in [7, 11) is 0. The summed E-state index contributed by atoms with van der Waals surface area (Å²) in [6.07, 6.45) is 0.176. The predicted octanol–water partition coefficient (Wildman–Crippen LogP) is 3.03. The number of benzene rings is 2. The highest BCUT2D eigenvalue weighted by Gasteiger charge is 2.34. The van der Waals surface area contributed by atoms with Crippen LogP contribution in [0.3, 0.4) is 0 Å². The van der Waals surface area contributed by atoms with Crippen LogP contribution in [0.1, 0.15) is 12.0 Å². The lowest BCUT2D eigenvalue weighted by atomic mass is 10.1. The summed E-state index contributed by atoms with van der Waals surface area (Å²) in [5, 5.41) is 12.8. The SMILES string of the molecule is O=C(Nc1cccc(O)c1)[C@H]1CC(=O)N(Cc2ccccc2Cl)C1. The molecule has 2 amide bonds. The molecule has 2 aromatic carbocycles. The molecule has 1 aliphatic rings. The number of carbonyl (C=O) groups is 2. The van der Waals surface area contributed by atoms with Crippen LogP contribution in [0, 0.1) is 5.92 Å². The molecular weight excluding hydrogens is 328 g/mol. The van der Waals surface area contributed by atoms with Crippen molar-refractivity contribution in [2.45, 2.75) is 13.0 Å². The van der Waals surface area contributed by atoms with Crippen LogP contribution in [-0.2, 0) is 16.1 Å². The standard InChI is InChI=1S/C18H17ClN2O3/c19-16-7-2-1-4-12(16)10-21-11-13(8-17(21)23)18(24)20-14-5-3-6-15(22)9-14/h1-7,9,13,22H,8,10-11H2,(H,20,24)/t13-/m0/s1. The number of hydrogen-bond acceptors (Lipinski definition) is 3. The molecular formula is C18H17ClN2O3. The van der Waals surface area contributed by atoms with E-state index in [2.05, 4.69) is 5.32 Å². The molecule has 1 atom stereocenters. The zero-order valence-electron chi connectivity index (χ0n) is 12.9. The van der Waals surface area contributed by atoms with E-state index in [4.69, 9.17) is 11.6 Å². The quantitative estimate of drug-likeness (QED) is 0.895. The van der Waals surface area contributed by atoms with E-state index in [-0.39, 0.29) is 24.0 Å². The van der Waals surface area contributed by atoms with E-state index in [0.29, 0.717) is 23.8 Å². The van der Waals surface area contributed by atoms with Gasteiger partial charge >= 0.3 is 0 Å². The Morgan fingerprint density at radius 1 is 1.25 bits per heavy atom. The van der Waals surface area contributed by atoms with E-state index < -0.39 is 5.92 Å². The highest BCUT2D eigenvalue weighted by molar-refractivity contribution is 6.31. The summed E-state index contributed by atoms with van der Waals surface area (Å²) < 4.78 is 0. The van der Waals surface area contributed by atoms with Crippen molar-refractivity contribution in [1.82, 2.24) is 4.90 Å². The number of nitrogens with zero attached hydrogens (tertiary/aromatic N) is 1. The molecule has 0 unspecified atom stereocenters. The first-order valence-electron chi connectivity index (χ1n) is 7.64. The second-order valence-corrected chi connectivity index (χ2v) is 6.21. The van der Waals surface area contributed by atoms with Gasteiger partial charge in [-0.2, -0.15) is 0 Å². The maximum absolute atomic E-state index is 12.3. The smallest absolute Gasteiger partial charge is 0.229 e. The largest absolute Gasteiger partial charge is 0.508 e. The lowest BCUT2D eigenvalue weighted by Crippen LogP contribution is -2.28. The van der Waals surface area contributed by atoms with Gasteiger partial charge in [-0.25, -0.2) is 0 Å². The van der Waals surface area contributed by atoms with Crippen molar-refractivity contribution in [1.29, 1.82) is 0 Å². The van der Waals surface area contributed by atoms with Crippen LogP contribution in [-0.4, -0.2) is 28.4 Å². The molecule has 124 valence electrons. The number of rotatable bonds is 4. The van der Waals surface area contributed by atoms with Gasteiger partial charge in [-0.15, -0.1) is 0 Å². The van der Waals surface area contributed by atoms with E-state index in [1.165, 1.54) is 12.1 Å². The molecule has 1 heterocycles. The minimum atomic E-state index is -0.415. The third-order valence-electron chi connectivity index (χ3n) is 4.02. The minimum Gasteiger partial charge on any atom is -0.508 e. The van der Waals surface area contributed by atoms with Gasteiger partial charge in [0.25, 0.3) is 0 Å². The van der Waals surface area contributed by atoms with Crippen LogP contribution in [0.5, 0.6) is 5.75 Å². The van der Waals surface area contributed by atoms with Gasteiger partial charge in [0, 0.05) is 36.3 Å². The number of phenols is 1. The summed E-state index contributed by atoms with van der Waals surface area (Å²) in [4.78, 5) is 26.2. The molecule has 0 spiro atoms. The number of halogens is 1. The Labute approximate surface area is 144 Å². The fourth-order valence-electron chi connectivity index (χ4n) is 2.76. The fourth-order valence-corrected chi connectivity index (χ4v) is 2.96. The van der Waals surface area contributed by atoms with Gasteiger partial charge in [0.05, 0.1) is 5.92 Å². The van der Waals surface area contributed by atoms with E-state index in [1.807, 2.05) is 18.2 Å². The van der Waals surface area contributed by atoms with Gasteiger partial charge in [-0.05, 0) is 23.8 Å². The summed E-state index contributed by atoms with van der Waals surface area (Å²) in [6.45, 7) is 0.753. The Kier molecular flexibility index (Phi) is 4.71. The number of likely N-dealkylation sites (tertiary alicyclic amines) is 1. The Bertz CT molecular complexity index is 778. The third-order valence-corrected chi connectivity index (χ3v) is 4.39. The second kappa shape index (κ2) is 6.93.